The van der Waals surface area contributed by atoms with E-state index in [1.807, 2.05) is 48.5 Å². The van der Waals surface area contributed by atoms with Crippen molar-refractivity contribution in [3.05, 3.63) is 110 Å². The standard InChI is InChI=1S/C22H18N4O4/c27-25(28)17-11-12-20(21(13-17)26(29)30)23-24-22(16-9-5-2-6-10-16)19-14-18(19)15-7-3-1-4-8-15/h1-13,18-19,23H,14H2/b24-22+. The first-order valence-electron chi connectivity index (χ1n) is 9.41. The molecule has 0 aromatic heterocycles. The Bertz CT molecular complexity index is 1120. The van der Waals surface area contributed by atoms with Crippen LogP contribution in [0.1, 0.15) is 23.5 Å². The van der Waals surface area contributed by atoms with Crippen LogP contribution in [0, 0.1) is 26.1 Å². The Kier molecular flexibility index (Phi) is 5.21. The second kappa shape index (κ2) is 8.12. The lowest BCUT2D eigenvalue weighted by molar-refractivity contribution is -0.393. The molecule has 1 saturated carbocycles. The van der Waals surface area contributed by atoms with Gasteiger partial charge in [-0.25, -0.2) is 0 Å². The minimum absolute atomic E-state index is 0.107. The van der Waals surface area contributed by atoms with Gasteiger partial charge in [0, 0.05) is 12.0 Å². The molecule has 8 heteroatoms. The van der Waals surface area contributed by atoms with Crippen LogP contribution in [-0.4, -0.2) is 15.6 Å². The summed E-state index contributed by atoms with van der Waals surface area (Å²) < 4.78 is 0. The largest absolute Gasteiger partial charge is 0.301 e. The zero-order chi connectivity index (χ0) is 21.1. The zero-order valence-corrected chi connectivity index (χ0v) is 15.8. The fraction of sp³-hybridized carbons (Fsp3) is 0.136. The quantitative estimate of drug-likeness (QED) is 0.335. The summed E-state index contributed by atoms with van der Waals surface area (Å²) in [6, 6.07) is 23.3. The average molecular weight is 402 g/mol. The normalized spacial score (nSPS) is 17.9. The number of non-ortho nitro benzene ring substituents is 1. The van der Waals surface area contributed by atoms with Gasteiger partial charge in [-0.3, -0.25) is 25.7 Å². The number of nitrogens with one attached hydrogen (secondary N) is 1. The second-order valence-corrected chi connectivity index (χ2v) is 7.05. The molecule has 150 valence electrons. The number of anilines is 1. The van der Waals surface area contributed by atoms with Crippen molar-refractivity contribution < 1.29 is 9.85 Å². The van der Waals surface area contributed by atoms with Gasteiger partial charge in [0.2, 0.25) is 0 Å². The summed E-state index contributed by atoms with van der Waals surface area (Å²) in [5.41, 5.74) is 5.11. The Hall–Kier alpha value is -4.07. The number of nitro benzene ring substituents is 2. The van der Waals surface area contributed by atoms with E-state index >= 15 is 0 Å². The lowest BCUT2D eigenvalue weighted by Crippen LogP contribution is -2.09. The fourth-order valence-electron chi connectivity index (χ4n) is 3.54. The van der Waals surface area contributed by atoms with Crippen LogP contribution in [0.3, 0.4) is 0 Å². The third-order valence-corrected chi connectivity index (χ3v) is 5.12. The van der Waals surface area contributed by atoms with Crippen LogP contribution in [0.4, 0.5) is 17.1 Å². The Morgan fingerprint density at radius 1 is 0.900 bits per heavy atom. The van der Waals surface area contributed by atoms with Gasteiger partial charge < -0.3 is 0 Å². The highest BCUT2D eigenvalue weighted by molar-refractivity contribution is 6.05. The number of nitro groups is 2. The summed E-state index contributed by atoms with van der Waals surface area (Å²) >= 11 is 0. The van der Waals surface area contributed by atoms with Gasteiger partial charge in [-0.15, -0.1) is 0 Å². The van der Waals surface area contributed by atoms with Crippen LogP contribution >= 0.6 is 0 Å². The molecule has 1 fully saturated rings. The van der Waals surface area contributed by atoms with Crippen molar-refractivity contribution in [1.29, 1.82) is 0 Å². The lowest BCUT2D eigenvalue weighted by atomic mass is 10.0. The van der Waals surface area contributed by atoms with Crippen molar-refractivity contribution in [2.24, 2.45) is 11.0 Å². The van der Waals surface area contributed by atoms with Gasteiger partial charge in [0.25, 0.3) is 5.69 Å². The fourth-order valence-corrected chi connectivity index (χ4v) is 3.54. The molecule has 2 atom stereocenters. The molecule has 0 aliphatic heterocycles. The Balaban J connectivity index is 1.66. The van der Waals surface area contributed by atoms with Crippen molar-refractivity contribution in [1.82, 2.24) is 0 Å². The molecule has 1 N–H and O–H groups in total. The van der Waals surface area contributed by atoms with Crippen LogP contribution in [0.15, 0.2) is 84.0 Å². The molecule has 4 rings (SSSR count). The van der Waals surface area contributed by atoms with Crippen LogP contribution in [-0.2, 0) is 0 Å². The van der Waals surface area contributed by atoms with E-state index in [9.17, 15) is 20.2 Å². The predicted octanol–water partition coefficient (Wildman–Crippen LogP) is 5.12. The molecular formula is C22H18N4O4. The molecule has 30 heavy (non-hydrogen) atoms. The highest BCUT2D eigenvalue weighted by Crippen LogP contribution is 2.49. The first kappa shape index (κ1) is 19.3. The van der Waals surface area contributed by atoms with E-state index in [4.69, 9.17) is 0 Å². The Morgan fingerprint density at radius 2 is 1.57 bits per heavy atom. The van der Waals surface area contributed by atoms with E-state index in [0.29, 0.717) is 5.92 Å². The molecular weight excluding hydrogens is 384 g/mol. The van der Waals surface area contributed by atoms with E-state index in [1.165, 1.54) is 17.7 Å². The summed E-state index contributed by atoms with van der Waals surface area (Å²) in [5, 5.41) is 26.8. The number of benzene rings is 3. The molecule has 0 bridgehead atoms. The van der Waals surface area contributed by atoms with E-state index in [1.54, 1.807) is 0 Å². The van der Waals surface area contributed by atoms with Crippen molar-refractivity contribution in [2.75, 3.05) is 5.43 Å². The highest BCUT2D eigenvalue weighted by atomic mass is 16.6. The second-order valence-electron chi connectivity index (χ2n) is 7.05. The average Bonchev–Trinajstić information content (AvgIpc) is 3.56. The molecule has 2 unspecified atom stereocenters. The maximum absolute atomic E-state index is 11.4. The number of hydrazone groups is 1. The van der Waals surface area contributed by atoms with E-state index in [-0.39, 0.29) is 17.3 Å². The van der Waals surface area contributed by atoms with Crippen molar-refractivity contribution >= 4 is 22.8 Å². The smallest absolute Gasteiger partial charge is 0.271 e. The predicted molar refractivity (Wildman–Crippen MR) is 114 cm³/mol. The van der Waals surface area contributed by atoms with E-state index in [2.05, 4.69) is 22.7 Å². The molecule has 0 amide bonds. The first-order valence-corrected chi connectivity index (χ1v) is 9.41. The molecule has 1 aliphatic carbocycles. The van der Waals surface area contributed by atoms with Gasteiger partial charge in [0.1, 0.15) is 5.69 Å². The monoisotopic (exact) mass is 402 g/mol. The van der Waals surface area contributed by atoms with Gasteiger partial charge >= 0.3 is 5.69 Å². The van der Waals surface area contributed by atoms with Gasteiger partial charge in [-0.1, -0.05) is 60.7 Å². The molecule has 0 heterocycles. The van der Waals surface area contributed by atoms with Gasteiger partial charge in [-0.05, 0) is 29.5 Å². The topological polar surface area (TPSA) is 111 Å². The third kappa shape index (κ3) is 4.02. The lowest BCUT2D eigenvalue weighted by Gasteiger charge is -2.09. The van der Waals surface area contributed by atoms with E-state index in [0.717, 1.165) is 23.8 Å². The summed E-state index contributed by atoms with van der Waals surface area (Å²) in [5.74, 6) is 0.512. The third-order valence-electron chi connectivity index (χ3n) is 5.12. The van der Waals surface area contributed by atoms with Crippen LogP contribution in [0.2, 0.25) is 0 Å². The van der Waals surface area contributed by atoms with Crippen LogP contribution in [0.25, 0.3) is 0 Å². The zero-order valence-electron chi connectivity index (χ0n) is 15.8. The van der Waals surface area contributed by atoms with E-state index < -0.39 is 15.5 Å². The summed E-state index contributed by atoms with van der Waals surface area (Å²) in [7, 11) is 0. The maximum atomic E-state index is 11.4. The molecule has 3 aromatic rings. The summed E-state index contributed by atoms with van der Waals surface area (Å²) in [6.07, 6.45) is 0.932. The van der Waals surface area contributed by atoms with Crippen molar-refractivity contribution in [3.8, 4) is 0 Å². The number of rotatable bonds is 7. The van der Waals surface area contributed by atoms with Gasteiger partial charge in [0.15, 0.2) is 0 Å². The van der Waals surface area contributed by atoms with Gasteiger partial charge in [0.05, 0.1) is 21.6 Å². The number of nitrogens with zero attached hydrogens (tertiary/aromatic N) is 3. The highest BCUT2D eigenvalue weighted by Gasteiger charge is 2.42. The number of hydrogen-bond acceptors (Lipinski definition) is 6. The SMILES string of the molecule is O=[N+]([O-])c1ccc(N/N=C(\c2ccccc2)C2CC2c2ccccc2)c([N+](=O)[O-])c1. The minimum Gasteiger partial charge on any atom is -0.271 e. The van der Waals surface area contributed by atoms with Crippen molar-refractivity contribution in [3.63, 3.8) is 0 Å². The molecule has 0 saturated heterocycles. The van der Waals surface area contributed by atoms with Gasteiger partial charge in [-0.2, -0.15) is 5.10 Å². The molecule has 0 spiro atoms. The van der Waals surface area contributed by atoms with Crippen molar-refractivity contribution in [2.45, 2.75) is 12.3 Å². The minimum atomic E-state index is -0.663. The summed E-state index contributed by atoms with van der Waals surface area (Å²) in [4.78, 5) is 21.0. The Morgan fingerprint density at radius 3 is 2.20 bits per heavy atom. The first-order chi connectivity index (χ1) is 14.5. The molecule has 0 radical (unpaired) electrons. The van der Waals surface area contributed by atoms with Crippen LogP contribution in [0.5, 0.6) is 0 Å². The molecule has 3 aromatic carbocycles. The molecule has 1 aliphatic rings. The summed E-state index contributed by atoms with van der Waals surface area (Å²) in [6.45, 7) is 0. The molecule has 8 nitrogen and oxygen atoms in total. The van der Waals surface area contributed by atoms with Crippen LogP contribution < -0.4 is 5.43 Å². The number of hydrogen-bond donors (Lipinski definition) is 1. The maximum Gasteiger partial charge on any atom is 0.301 e. The Labute approximate surface area is 172 Å².